The van der Waals surface area contributed by atoms with E-state index in [0.29, 0.717) is 5.69 Å². The molecule has 0 spiro atoms. The Morgan fingerprint density at radius 3 is 3.09 bits per heavy atom. The van der Waals surface area contributed by atoms with Gasteiger partial charge in [0.05, 0.1) is 16.7 Å². The Morgan fingerprint density at radius 1 is 1.64 bits per heavy atom. The molecule has 0 saturated heterocycles. The number of rotatable bonds is 1. The second kappa shape index (κ2) is 1.99. The van der Waals surface area contributed by atoms with Crippen LogP contribution in [0.5, 0.6) is 0 Å². The van der Waals surface area contributed by atoms with Crippen LogP contribution in [0.1, 0.15) is 10.5 Å². The number of hydrogen-bond donors (Lipinski definition) is 1. The van der Waals surface area contributed by atoms with Crippen LogP contribution in [0.25, 0.3) is 11.0 Å². The number of fused-ring (bicyclic) bond motifs is 1. The third-order valence-electron chi connectivity index (χ3n) is 1.82. The molecular weight excluding hydrogens is 140 g/mol. The molecular formula is C8H8N2O. The minimum Gasteiger partial charge on any atom is -0.351 e. The quantitative estimate of drug-likeness (QED) is 0.608. The van der Waals surface area contributed by atoms with Crippen molar-refractivity contribution in [2.24, 2.45) is 7.05 Å². The number of aromatic nitrogens is 2. The second-order valence-corrected chi connectivity index (χ2v) is 2.57. The van der Waals surface area contributed by atoms with E-state index in [2.05, 4.69) is 4.98 Å². The van der Waals surface area contributed by atoms with Gasteiger partial charge in [0, 0.05) is 13.2 Å². The van der Waals surface area contributed by atoms with Crippen LogP contribution in [0.3, 0.4) is 0 Å². The molecule has 0 unspecified atom stereocenters. The van der Waals surface area contributed by atoms with Crippen LogP contribution in [-0.4, -0.2) is 15.8 Å². The number of nitrogens with one attached hydrogen (secondary N) is 1. The van der Waals surface area contributed by atoms with Gasteiger partial charge in [0.2, 0.25) is 0 Å². The predicted octanol–water partition coefficient (Wildman–Crippen LogP) is 1.32. The average Bonchev–Trinajstić information content (AvgIpc) is 2.53. The van der Waals surface area contributed by atoms with Crippen molar-refractivity contribution < 1.29 is 4.79 Å². The molecule has 1 N–H and O–H groups in total. The first-order valence-electron chi connectivity index (χ1n) is 3.40. The molecule has 0 radical (unpaired) electrons. The Balaban J connectivity index is 2.79. The molecule has 11 heavy (non-hydrogen) atoms. The molecule has 0 aliphatic rings. The van der Waals surface area contributed by atoms with Crippen LogP contribution >= 0.6 is 0 Å². The summed E-state index contributed by atoms with van der Waals surface area (Å²) in [7, 11) is 1.95. The highest BCUT2D eigenvalue weighted by atomic mass is 16.1. The van der Waals surface area contributed by atoms with E-state index >= 15 is 0 Å². The van der Waals surface area contributed by atoms with E-state index in [1.165, 1.54) is 0 Å². The van der Waals surface area contributed by atoms with Crippen molar-refractivity contribution in [1.82, 2.24) is 9.55 Å². The van der Waals surface area contributed by atoms with E-state index in [1.807, 2.05) is 29.9 Å². The second-order valence-electron chi connectivity index (χ2n) is 2.57. The molecule has 0 aliphatic heterocycles. The van der Waals surface area contributed by atoms with E-state index in [9.17, 15) is 4.79 Å². The maximum atomic E-state index is 10.3. The highest BCUT2D eigenvalue weighted by Gasteiger charge is 2.01. The zero-order chi connectivity index (χ0) is 7.84. The first-order chi connectivity index (χ1) is 5.31. The Bertz CT molecular complexity index is 397. The number of aromatic amines is 1. The lowest BCUT2D eigenvalue weighted by molar-refractivity contribution is 0.112. The summed E-state index contributed by atoms with van der Waals surface area (Å²) in [6, 6.07) is 3.78. The third kappa shape index (κ3) is 0.774. The van der Waals surface area contributed by atoms with Gasteiger partial charge in [-0.05, 0) is 12.1 Å². The summed E-state index contributed by atoms with van der Waals surface area (Å²) in [4.78, 5) is 13.3. The molecule has 3 heteroatoms. The smallest absolute Gasteiger partial charge is 0.166 e. The lowest BCUT2D eigenvalue weighted by Crippen LogP contribution is -1.80. The zero-order valence-electron chi connectivity index (χ0n) is 6.16. The first-order valence-corrected chi connectivity index (χ1v) is 3.40. The molecule has 0 bridgehead atoms. The summed E-state index contributed by atoms with van der Waals surface area (Å²) in [5.74, 6) is 0. The number of hydrogen-bond acceptors (Lipinski definition) is 1. The number of aldehydes is 1. The normalized spacial score (nSPS) is 10.6. The van der Waals surface area contributed by atoms with Crippen molar-refractivity contribution in [3.63, 3.8) is 0 Å². The van der Waals surface area contributed by atoms with Gasteiger partial charge in [0.25, 0.3) is 0 Å². The molecule has 0 atom stereocenters. The summed E-state index contributed by atoms with van der Waals surface area (Å²) < 4.78 is 1.97. The van der Waals surface area contributed by atoms with Crippen molar-refractivity contribution in [3.8, 4) is 0 Å². The van der Waals surface area contributed by atoms with Crippen molar-refractivity contribution in [2.75, 3.05) is 0 Å². The fraction of sp³-hybridized carbons (Fsp3) is 0.125. The SMILES string of the molecule is Cn1ccc2[nH]c(C=O)cc21. The highest BCUT2D eigenvalue weighted by molar-refractivity contribution is 5.86. The summed E-state index contributed by atoms with van der Waals surface area (Å²) in [6.45, 7) is 0. The standard InChI is InChI=1S/C8H8N2O/c1-10-3-2-7-8(10)4-6(5-11)9-7/h2-5,9H,1H3. The lowest BCUT2D eigenvalue weighted by atomic mass is 10.4. The number of H-pyrrole nitrogens is 1. The molecule has 3 nitrogen and oxygen atoms in total. The summed E-state index contributed by atoms with van der Waals surface area (Å²) in [5.41, 5.74) is 2.70. The molecule has 2 rings (SSSR count). The van der Waals surface area contributed by atoms with Crippen LogP contribution in [0.4, 0.5) is 0 Å². The minimum atomic E-state index is 0.631. The number of aryl methyl sites for hydroxylation is 1. The van der Waals surface area contributed by atoms with E-state index in [-0.39, 0.29) is 0 Å². The van der Waals surface area contributed by atoms with Gasteiger partial charge >= 0.3 is 0 Å². The molecule has 0 saturated carbocycles. The molecule has 0 amide bonds. The molecule has 2 aromatic rings. The Labute approximate surface area is 63.6 Å². The van der Waals surface area contributed by atoms with Crippen LogP contribution in [-0.2, 0) is 7.05 Å². The topological polar surface area (TPSA) is 37.8 Å². The maximum absolute atomic E-state index is 10.3. The van der Waals surface area contributed by atoms with E-state index < -0.39 is 0 Å². The molecule has 0 aromatic carbocycles. The van der Waals surface area contributed by atoms with Crippen molar-refractivity contribution in [1.29, 1.82) is 0 Å². The van der Waals surface area contributed by atoms with Crippen LogP contribution in [0.15, 0.2) is 18.3 Å². The largest absolute Gasteiger partial charge is 0.351 e. The van der Waals surface area contributed by atoms with Gasteiger partial charge in [-0.1, -0.05) is 0 Å². The third-order valence-corrected chi connectivity index (χ3v) is 1.82. The van der Waals surface area contributed by atoms with Gasteiger partial charge in [0.15, 0.2) is 6.29 Å². The molecule has 2 heterocycles. The van der Waals surface area contributed by atoms with Crippen LogP contribution in [0, 0.1) is 0 Å². The summed E-state index contributed by atoms with van der Waals surface area (Å²) >= 11 is 0. The monoisotopic (exact) mass is 148 g/mol. The van der Waals surface area contributed by atoms with Crippen LogP contribution in [0.2, 0.25) is 0 Å². The van der Waals surface area contributed by atoms with Gasteiger partial charge in [-0.25, -0.2) is 0 Å². The Kier molecular flexibility index (Phi) is 1.12. The van der Waals surface area contributed by atoms with Crippen molar-refractivity contribution in [3.05, 3.63) is 24.0 Å². The average molecular weight is 148 g/mol. The molecule has 56 valence electrons. The van der Waals surface area contributed by atoms with E-state index in [0.717, 1.165) is 17.3 Å². The predicted molar refractivity (Wildman–Crippen MR) is 42.7 cm³/mol. The fourth-order valence-corrected chi connectivity index (χ4v) is 1.23. The summed E-state index contributed by atoms with van der Waals surface area (Å²) in [6.07, 6.45) is 2.77. The van der Waals surface area contributed by atoms with Gasteiger partial charge in [-0.15, -0.1) is 0 Å². The number of carbonyl (C=O) groups is 1. The number of nitrogens with zero attached hydrogens (tertiary/aromatic N) is 1. The van der Waals surface area contributed by atoms with Crippen molar-refractivity contribution in [2.45, 2.75) is 0 Å². The van der Waals surface area contributed by atoms with Crippen LogP contribution < -0.4 is 0 Å². The van der Waals surface area contributed by atoms with Gasteiger partial charge in [0.1, 0.15) is 0 Å². The minimum absolute atomic E-state index is 0.631. The highest BCUT2D eigenvalue weighted by Crippen LogP contribution is 2.13. The zero-order valence-corrected chi connectivity index (χ0v) is 6.16. The van der Waals surface area contributed by atoms with E-state index in [4.69, 9.17) is 0 Å². The van der Waals surface area contributed by atoms with Crippen molar-refractivity contribution >= 4 is 17.3 Å². The Hall–Kier alpha value is -1.51. The summed E-state index contributed by atoms with van der Waals surface area (Å²) in [5, 5.41) is 0. The van der Waals surface area contributed by atoms with Gasteiger partial charge < -0.3 is 9.55 Å². The fourth-order valence-electron chi connectivity index (χ4n) is 1.23. The van der Waals surface area contributed by atoms with Gasteiger partial charge in [-0.2, -0.15) is 0 Å². The Morgan fingerprint density at radius 2 is 2.45 bits per heavy atom. The first kappa shape index (κ1) is 6.22. The van der Waals surface area contributed by atoms with Gasteiger partial charge in [-0.3, -0.25) is 4.79 Å². The molecule has 0 fully saturated rings. The maximum Gasteiger partial charge on any atom is 0.166 e. The number of carbonyl (C=O) groups excluding carboxylic acids is 1. The lowest BCUT2D eigenvalue weighted by Gasteiger charge is -1.86. The molecule has 2 aromatic heterocycles. The molecule has 0 aliphatic carbocycles. The van der Waals surface area contributed by atoms with E-state index in [1.54, 1.807) is 0 Å².